The van der Waals surface area contributed by atoms with Crippen LogP contribution in [0.15, 0.2) is 30.3 Å². The SMILES string of the molecule is CC.CS[C@]12C(=O)NCC1C[C@@H]2c1ccccc1. The fourth-order valence-corrected chi connectivity index (χ4v) is 4.45. The van der Waals surface area contributed by atoms with Crippen LogP contribution in [0.3, 0.4) is 0 Å². The second-order valence-corrected chi connectivity index (χ2v) is 5.69. The van der Waals surface area contributed by atoms with Crippen LogP contribution in [0.2, 0.25) is 0 Å². The molecule has 1 saturated carbocycles. The fraction of sp³-hybridized carbons (Fsp3) is 0.533. The Hall–Kier alpha value is -0.960. The Kier molecular flexibility index (Phi) is 4.00. The van der Waals surface area contributed by atoms with Crippen LogP contribution >= 0.6 is 11.8 Å². The summed E-state index contributed by atoms with van der Waals surface area (Å²) < 4.78 is -0.179. The molecule has 3 heteroatoms. The first-order valence-electron chi connectivity index (χ1n) is 6.67. The van der Waals surface area contributed by atoms with E-state index in [4.69, 9.17) is 0 Å². The summed E-state index contributed by atoms with van der Waals surface area (Å²) in [5.74, 6) is 1.17. The number of thioether (sulfide) groups is 1. The van der Waals surface area contributed by atoms with Gasteiger partial charge in [-0.3, -0.25) is 4.79 Å². The standard InChI is InChI=1S/C13H15NOS.C2H6/c1-16-13-10(8-14-12(13)15)7-11(13)9-5-3-2-4-6-9;1-2/h2-6,10-11H,7-8H2,1H3,(H,14,15);1-2H3/t10?,11-,13-;/m1./s1. The van der Waals surface area contributed by atoms with Gasteiger partial charge in [0.15, 0.2) is 0 Å². The van der Waals surface area contributed by atoms with Crippen molar-refractivity contribution < 1.29 is 4.79 Å². The maximum absolute atomic E-state index is 12.0. The Bertz CT molecular complexity index is 420. The highest BCUT2D eigenvalue weighted by Gasteiger charge is 2.63. The number of rotatable bonds is 2. The van der Waals surface area contributed by atoms with Crippen molar-refractivity contribution in [3.8, 4) is 0 Å². The first-order chi connectivity index (χ1) is 8.79. The van der Waals surface area contributed by atoms with E-state index in [1.165, 1.54) is 5.56 Å². The van der Waals surface area contributed by atoms with E-state index in [0.717, 1.165) is 13.0 Å². The number of hydrogen-bond acceptors (Lipinski definition) is 2. The third-order valence-corrected chi connectivity index (χ3v) is 5.53. The Morgan fingerprint density at radius 3 is 2.50 bits per heavy atom. The summed E-state index contributed by atoms with van der Waals surface area (Å²) in [6, 6.07) is 10.4. The molecule has 1 N–H and O–H groups in total. The molecule has 1 aliphatic carbocycles. The normalized spacial score (nSPS) is 32.7. The number of fused-ring (bicyclic) bond motifs is 1. The van der Waals surface area contributed by atoms with Crippen LogP contribution in [0.25, 0.3) is 0 Å². The van der Waals surface area contributed by atoms with Gasteiger partial charge in [0, 0.05) is 18.4 Å². The predicted molar refractivity (Wildman–Crippen MR) is 77.9 cm³/mol. The van der Waals surface area contributed by atoms with Crippen molar-refractivity contribution in [2.24, 2.45) is 5.92 Å². The van der Waals surface area contributed by atoms with Crippen molar-refractivity contribution in [1.82, 2.24) is 5.32 Å². The summed E-state index contributed by atoms with van der Waals surface area (Å²) >= 11 is 1.73. The fourth-order valence-electron chi connectivity index (χ4n) is 3.16. The number of carbonyl (C=O) groups excluding carboxylic acids is 1. The molecule has 0 bridgehead atoms. The van der Waals surface area contributed by atoms with Crippen molar-refractivity contribution in [2.75, 3.05) is 12.8 Å². The Morgan fingerprint density at radius 1 is 1.28 bits per heavy atom. The van der Waals surface area contributed by atoms with Crippen LogP contribution in [-0.2, 0) is 4.79 Å². The molecular weight excluding hydrogens is 242 g/mol. The molecule has 1 aromatic rings. The van der Waals surface area contributed by atoms with E-state index >= 15 is 0 Å². The minimum atomic E-state index is -0.179. The van der Waals surface area contributed by atoms with Crippen molar-refractivity contribution in [3.63, 3.8) is 0 Å². The number of nitrogens with one attached hydrogen (secondary N) is 1. The van der Waals surface area contributed by atoms with E-state index in [9.17, 15) is 4.79 Å². The summed E-state index contributed by atoms with van der Waals surface area (Å²) in [5, 5.41) is 3.01. The second kappa shape index (κ2) is 5.35. The number of hydrogen-bond donors (Lipinski definition) is 1. The molecule has 3 atom stereocenters. The van der Waals surface area contributed by atoms with Crippen LogP contribution in [0.4, 0.5) is 0 Å². The quantitative estimate of drug-likeness (QED) is 0.888. The average Bonchev–Trinajstić information content (AvgIpc) is 2.65. The molecule has 1 unspecified atom stereocenters. The number of amides is 1. The third-order valence-electron chi connectivity index (χ3n) is 4.05. The summed E-state index contributed by atoms with van der Waals surface area (Å²) in [6.45, 7) is 4.86. The van der Waals surface area contributed by atoms with Gasteiger partial charge in [0.25, 0.3) is 0 Å². The van der Waals surface area contributed by atoms with Gasteiger partial charge in [-0.1, -0.05) is 44.2 Å². The van der Waals surface area contributed by atoms with Gasteiger partial charge in [-0.2, -0.15) is 0 Å². The highest BCUT2D eigenvalue weighted by Crippen LogP contribution is 2.59. The predicted octanol–water partition coefficient (Wildman–Crippen LogP) is 3.05. The minimum absolute atomic E-state index is 0.179. The minimum Gasteiger partial charge on any atom is -0.355 e. The topological polar surface area (TPSA) is 29.1 Å². The molecule has 1 amide bonds. The zero-order valence-electron chi connectivity index (χ0n) is 11.3. The van der Waals surface area contributed by atoms with E-state index in [0.29, 0.717) is 11.8 Å². The number of carbonyl (C=O) groups is 1. The molecule has 1 saturated heterocycles. The summed E-state index contributed by atoms with van der Waals surface area (Å²) in [4.78, 5) is 12.0. The first kappa shape index (κ1) is 13.5. The van der Waals surface area contributed by atoms with Crippen molar-refractivity contribution in [2.45, 2.75) is 30.9 Å². The molecule has 3 rings (SSSR count). The van der Waals surface area contributed by atoms with Gasteiger partial charge in [0.1, 0.15) is 4.75 Å². The first-order valence-corrected chi connectivity index (χ1v) is 7.90. The van der Waals surface area contributed by atoms with Gasteiger partial charge in [-0.15, -0.1) is 11.8 Å². The van der Waals surface area contributed by atoms with Crippen LogP contribution in [0.1, 0.15) is 31.7 Å². The second-order valence-electron chi connectivity index (χ2n) is 4.60. The maximum atomic E-state index is 12.0. The van der Waals surface area contributed by atoms with Gasteiger partial charge < -0.3 is 5.32 Å². The molecular formula is C15H21NOS. The molecule has 1 heterocycles. The van der Waals surface area contributed by atoms with Crippen molar-refractivity contribution in [1.29, 1.82) is 0 Å². The molecule has 2 fully saturated rings. The van der Waals surface area contributed by atoms with Gasteiger partial charge in [0.05, 0.1) is 0 Å². The highest BCUT2D eigenvalue weighted by molar-refractivity contribution is 8.00. The van der Waals surface area contributed by atoms with Crippen LogP contribution in [0.5, 0.6) is 0 Å². The molecule has 1 aliphatic heterocycles. The summed E-state index contributed by atoms with van der Waals surface area (Å²) in [7, 11) is 0. The zero-order valence-corrected chi connectivity index (χ0v) is 12.1. The van der Waals surface area contributed by atoms with Gasteiger partial charge in [-0.25, -0.2) is 0 Å². The van der Waals surface area contributed by atoms with E-state index in [-0.39, 0.29) is 10.7 Å². The van der Waals surface area contributed by atoms with Crippen LogP contribution in [0, 0.1) is 5.92 Å². The summed E-state index contributed by atoms with van der Waals surface area (Å²) in [5.41, 5.74) is 1.31. The Morgan fingerprint density at radius 2 is 1.94 bits per heavy atom. The van der Waals surface area contributed by atoms with E-state index in [1.54, 1.807) is 11.8 Å². The van der Waals surface area contributed by atoms with Gasteiger partial charge in [0.2, 0.25) is 5.91 Å². The van der Waals surface area contributed by atoms with E-state index in [1.807, 2.05) is 19.9 Å². The average molecular weight is 263 g/mol. The van der Waals surface area contributed by atoms with Crippen molar-refractivity contribution >= 4 is 17.7 Å². The molecule has 0 spiro atoms. The van der Waals surface area contributed by atoms with Crippen molar-refractivity contribution in [3.05, 3.63) is 35.9 Å². The molecule has 18 heavy (non-hydrogen) atoms. The lowest BCUT2D eigenvalue weighted by Crippen LogP contribution is -2.53. The highest BCUT2D eigenvalue weighted by atomic mass is 32.2. The molecule has 1 aromatic carbocycles. The van der Waals surface area contributed by atoms with Gasteiger partial charge in [-0.05, 0) is 18.2 Å². The zero-order chi connectivity index (χ0) is 13.2. The lowest BCUT2D eigenvalue weighted by atomic mass is 9.62. The largest absolute Gasteiger partial charge is 0.355 e. The monoisotopic (exact) mass is 263 g/mol. The third kappa shape index (κ3) is 1.76. The smallest absolute Gasteiger partial charge is 0.237 e. The lowest BCUT2D eigenvalue weighted by molar-refractivity contribution is -0.123. The van der Waals surface area contributed by atoms with E-state index in [2.05, 4.69) is 35.8 Å². The number of benzene rings is 1. The Labute approximate surface area is 114 Å². The van der Waals surface area contributed by atoms with Crippen LogP contribution in [-0.4, -0.2) is 23.5 Å². The molecule has 0 radical (unpaired) electrons. The summed E-state index contributed by atoms with van der Waals surface area (Å²) in [6.07, 6.45) is 3.20. The molecule has 98 valence electrons. The molecule has 2 aliphatic rings. The van der Waals surface area contributed by atoms with Gasteiger partial charge >= 0.3 is 0 Å². The Balaban J connectivity index is 0.000000574. The molecule has 2 nitrogen and oxygen atoms in total. The lowest BCUT2D eigenvalue weighted by Gasteiger charge is -2.49. The van der Waals surface area contributed by atoms with Crippen LogP contribution < -0.4 is 5.32 Å². The molecule has 0 aromatic heterocycles. The van der Waals surface area contributed by atoms with E-state index < -0.39 is 0 Å². The maximum Gasteiger partial charge on any atom is 0.237 e.